The number of aromatic nitrogens is 5. The first-order valence-electron chi connectivity index (χ1n) is 10.5. The van der Waals surface area contributed by atoms with E-state index >= 15 is 0 Å². The van der Waals surface area contributed by atoms with E-state index in [9.17, 15) is 13.6 Å². The topological polar surface area (TPSA) is 97.2 Å². The standard InChI is InChI=1S/C24H20F2N6O2/c1-13-16(17-4-3-5-19(26)22(17)30-13)6-7-28-21-9-20(14-8-15(25)11-27-10-14)31-23-18(24(33)34-2)12-29-32(21)23/h3-5,8-12,28,30H,6-7H2,1-2H3. The molecule has 0 fully saturated rings. The lowest BCUT2D eigenvalue weighted by atomic mass is 10.1. The molecule has 10 heteroatoms. The van der Waals surface area contributed by atoms with Gasteiger partial charge in [-0.25, -0.2) is 18.6 Å². The van der Waals surface area contributed by atoms with E-state index in [2.05, 4.69) is 25.4 Å². The number of hydrogen-bond acceptors (Lipinski definition) is 6. The molecule has 0 spiro atoms. The molecule has 0 saturated heterocycles. The number of rotatable bonds is 6. The van der Waals surface area contributed by atoms with Gasteiger partial charge in [0.15, 0.2) is 5.65 Å². The number of benzene rings is 1. The van der Waals surface area contributed by atoms with Crippen LogP contribution < -0.4 is 5.32 Å². The van der Waals surface area contributed by atoms with Crippen molar-refractivity contribution in [3.63, 3.8) is 0 Å². The van der Waals surface area contributed by atoms with E-state index in [1.54, 1.807) is 12.1 Å². The monoisotopic (exact) mass is 462 g/mol. The van der Waals surface area contributed by atoms with E-state index in [-0.39, 0.29) is 17.0 Å². The van der Waals surface area contributed by atoms with Crippen LogP contribution in [0, 0.1) is 18.6 Å². The van der Waals surface area contributed by atoms with Crippen molar-refractivity contribution in [2.75, 3.05) is 19.0 Å². The van der Waals surface area contributed by atoms with Crippen LogP contribution in [-0.4, -0.2) is 44.2 Å². The van der Waals surface area contributed by atoms with Crippen molar-refractivity contribution >= 4 is 28.3 Å². The van der Waals surface area contributed by atoms with Crippen LogP contribution in [0.15, 0.2) is 48.9 Å². The highest BCUT2D eigenvalue weighted by molar-refractivity contribution is 5.96. The number of pyridine rings is 1. The number of aryl methyl sites for hydroxylation is 1. The third-order valence-corrected chi connectivity index (χ3v) is 5.66. The van der Waals surface area contributed by atoms with E-state index in [1.165, 1.54) is 36.2 Å². The van der Waals surface area contributed by atoms with Crippen molar-refractivity contribution in [2.24, 2.45) is 0 Å². The average molecular weight is 462 g/mol. The van der Waals surface area contributed by atoms with Gasteiger partial charge in [0.1, 0.15) is 23.0 Å². The van der Waals surface area contributed by atoms with E-state index in [0.717, 1.165) is 22.8 Å². The molecule has 8 nitrogen and oxygen atoms in total. The zero-order chi connectivity index (χ0) is 23.8. The molecule has 0 amide bonds. The minimum absolute atomic E-state index is 0.180. The Hall–Kier alpha value is -4.34. The van der Waals surface area contributed by atoms with E-state index in [0.29, 0.717) is 35.6 Å². The summed E-state index contributed by atoms with van der Waals surface area (Å²) in [5.41, 5.74) is 3.68. The summed E-state index contributed by atoms with van der Waals surface area (Å²) in [5, 5.41) is 8.43. The third-order valence-electron chi connectivity index (χ3n) is 5.66. The number of carbonyl (C=O) groups excluding carboxylic acids is 1. The smallest absolute Gasteiger partial charge is 0.343 e. The van der Waals surface area contributed by atoms with E-state index < -0.39 is 11.8 Å². The first-order chi connectivity index (χ1) is 16.5. The molecular weight excluding hydrogens is 442 g/mol. The van der Waals surface area contributed by atoms with Crippen LogP contribution in [0.3, 0.4) is 0 Å². The summed E-state index contributed by atoms with van der Waals surface area (Å²) in [4.78, 5) is 23.7. The van der Waals surface area contributed by atoms with Crippen molar-refractivity contribution in [3.8, 4) is 11.3 Å². The van der Waals surface area contributed by atoms with E-state index in [4.69, 9.17) is 4.74 Å². The normalized spacial score (nSPS) is 11.3. The summed E-state index contributed by atoms with van der Waals surface area (Å²) in [7, 11) is 1.28. The van der Waals surface area contributed by atoms with Crippen LogP contribution in [0.1, 0.15) is 21.6 Å². The fraction of sp³-hybridized carbons (Fsp3) is 0.167. The molecule has 2 N–H and O–H groups in total. The lowest BCUT2D eigenvalue weighted by Crippen LogP contribution is -2.11. The largest absolute Gasteiger partial charge is 0.465 e. The zero-order valence-electron chi connectivity index (χ0n) is 18.4. The predicted octanol–water partition coefficient (Wildman–Crippen LogP) is 4.30. The van der Waals surface area contributed by atoms with Crippen molar-refractivity contribution in [1.29, 1.82) is 0 Å². The van der Waals surface area contributed by atoms with Gasteiger partial charge in [-0.15, -0.1) is 0 Å². The molecule has 0 aliphatic rings. The quantitative estimate of drug-likeness (QED) is 0.365. The number of fused-ring (bicyclic) bond motifs is 2. The number of carbonyl (C=O) groups is 1. The van der Waals surface area contributed by atoms with Crippen molar-refractivity contribution in [1.82, 2.24) is 24.6 Å². The molecule has 0 saturated carbocycles. The SMILES string of the molecule is COC(=O)c1cnn2c(NCCc3c(C)[nH]c4c(F)cccc34)cc(-c3cncc(F)c3)nc12. The van der Waals surface area contributed by atoms with Crippen molar-refractivity contribution in [3.05, 3.63) is 77.4 Å². The molecule has 0 atom stereocenters. The number of aromatic amines is 1. The van der Waals surface area contributed by atoms with Gasteiger partial charge in [-0.3, -0.25) is 4.98 Å². The minimum atomic E-state index is -0.584. The van der Waals surface area contributed by atoms with Gasteiger partial charge in [0, 0.05) is 35.5 Å². The van der Waals surface area contributed by atoms with Gasteiger partial charge >= 0.3 is 5.97 Å². The fourth-order valence-corrected chi connectivity index (χ4v) is 4.05. The number of nitrogens with zero attached hydrogens (tertiary/aromatic N) is 4. The molecule has 1 aromatic carbocycles. The van der Waals surface area contributed by atoms with Crippen LogP contribution in [-0.2, 0) is 11.2 Å². The van der Waals surface area contributed by atoms with Crippen molar-refractivity contribution in [2.45, 2.75) is 13.3 Å². The van der Waals surface area contributed by atoms with Crippen LogP contribution in [0.25, 0.3) is 27.8 Å². The molecular formula is C24H20F2N6O2. The Bertz CT molecular complexity index is 1540. The number of ether oxygens (including phenoxy) is 1. The third kappa shape index (κ3) is 3.72. The van der Waals surface area contributed by atoms with Gasteiger partial charge in [0.05, 0.1) is 30.7 Å². The number of anilines is 1. The predicted molar refractivity (Wildman–Crippen MR) is 123 cm³/mol. The van der Waals surface area contributed by atoms with Crippen LogP contribution in [0.4, 0.5) is 14.6 Å². The molecule has 5 aromatic rings. The second kappa shape index (κ2) is 8.54. The van der Waals surface area contributed by atoms with Gasteiger partial charge in [-0.05, 0) is 31.0 Å². The van der Waals surface area contributed by atoms with Gasteiger partial charge in [-0.1, -0.05) is 12.1 Å². The summed E-state index contributed by atoms with van der Waals surface area (Å²) in [6.45, 7) is 2.39. The highest BCUT2D eigenvalue weighted by Gasteiger charge is 2.19. The second-order valence-electron chi connectivity index (χ2n) is 7.77. The lowest BCUT2D eigenvalue weighted by Gasteiger charge is -2.11. The Morgan fingerprint density at radius 3 is 2.85 bits per heavy atom. The molecule has 172 valence electrons. The number of H-pyrrole nitrogens is 1. The average Bonchev–Trinajstić information content (AvgIpc) is 3.40. The Morgan fingerprint density at radius 2 is 2.06 bits per heavy atom. The Morgan fingerprint density at radius 1 is 1.21 bits per heavy atom. The van der Waals surface area contributed by atoms with Crippen LogP contribution in [0.5, 0.6) is 0 Å². The fourth-order valence-electron chi connectivity index (χ4n) is 4.05. The van der Waals surface area contributed by atoms with Gasteiger partial charge in [0.25, 0.3) is 0 Å². The highest BCUT2D eigenvalue weighted by Crippen LogP contribution is 2.26. The number of halogens is 2. The minimum Gasteiger partial charge on any atom is -0.465 e. The number of para-hydroxylation sites is 1. The van der Waals surface area contributed by atoms with E-state index in [1.807, 2.05) is 13.0 Å². The summed E-state index contributed by atoms with van der Waals surface area (Å²) >= 11 is 0. The molecule has 0 aliphatic carbocycles. The Balaban J connectivity index is 1.51. The Labute approximate surface area is 192 Å². The zero-order valence-corrected chi connectivity index (χ0v) is 18.4. The van der Waals surface area contributed by atoms with Crippen LogP contribution >= 0.6 is 0 Å². The van der Waals surface area contributed by atoms with Crippen molar-refractivity contribution < 1.29 is 18.3 Å². The number of nitrogens with one attached hydrogen (secondary N) is 2. The molecule has 4 heterocycles. The number of methoxy groups -OCH3 is 1. The summed E-state index contributed by atoms with van der Waals surface area (Å²) in [5.74, 6) is -0.837. The van der Waals surface area contributed by atoms with Gasteiger partial charge in [0.2, 0.25) is 0 Å². The summed E-state index contributed by atoms with van der Waals surface area (Å²) in [6, 6.07) is 8.01. The number of esters is 1. The Kier molecular flexibility index (Phi) is 5.40. The maximum absolute atomic E-state index is 14.1. The summed E-state index contributed by atoms with van der Waals surface area (Å²) in [6.07, 6.45) is 4.57. The number of hydrogen-bond donors (Lipinski definition) is 2. The van der Waals surface area contributed by atoms with Gasteiger partial charge < -0.3 is 15.0 Å². The molecule has 34 heavy (non-hydrogen) atoms. The second-order valence-corrected chi connectivity index (χ2v) is 7.77. The first kappa shape index (κ1) is 21.5. The molecule has 0 radical (unpaired) electrons. The molecule has 0 unspecified atom stereocenters. The molecule has 0 bridgehead atoms. The first-order valence-corrected chi connectivity index (χ1v) is 10.5. The van der Waals surface area contributed by atoms with Crippen LogP contribution in [0.2, 0.25) is 0 Å². The maximum Gasteiger partial charge on any atom is 0.343 e. The summed E-state index contributed by atoms with van der Waals surface area (Å²) < 4.78 is 34.3. The highest BCUT2D eigenvalue weighted by atomic mass is 19.1. The molecule has 0 aliphatic heterocycles. The molecule has 4 aromatic heterocycles. The lowest BCUT2D eigenvalue weighted by molar-refractivity contribution is 0.0602. The maximum atomic E-state index is 14.1. The van der Waals surface area contributed by atoms with Gasteiger partial charge in [-0.2, -0.15) is 9.61 Å². The molecule has 5 rings (SSSR count).